The molecule has 0 radical (unpaired) electrons. The van der Waals surface area contributed by atoms with Gasteiger partial charge in [0, 0.05) is 29.2 Å². The lowest BCUT2D eigenvalue weighted by Crippen LogP contribution is -2.35. The predicted octanol–water partition coefficient (Wildman–Crippen LogP) is 5.69. The highest BCUT2D eigenvalue weighted by atomic mass is 35.5. The Balaban J connectivity index is 0.00000289. The second kappa shape index (κ2) is 12.1. The molecule has 0 saturated heterocycles. The Bertz CT molecular complexity index is 1170. The number of fused-ring (bicyclic) bond motifs is 1. The maximum Gasteiger partial charge on any atom is 0.326 e. The van der Waals surface area contributed by atoms with Gasteiger partial charge in [-0.1, -0.05) is 41.9 Å². The zero-order valence-corrected chi connectivity index (χ0v) is 21.9. The number of benzene rings is 2. The number of pyridine rings is 1. The first-order chi connectivity index (χ1) is 15.0. The highest BCUT2D eigenvalue weighted by Gasteiger charge is 2.21. The fourth-order valence-corrected chi connectivity index (χ4v) is 3.69. The fourth-order valence-electron chi connectivity index (χ4n) is 3.48. The monoisotopic (exact) mass is 525 g/mol. The number of hydrogen-bond acceptors (Lipinski definition) is 5. The van der Waals surface area contributed by atoms with E-state index < -0.39 is 5.60 Å². The lowest BCUT2D eigenvalue weighted by atomic mass is 10.1. The first-order valence-corrected chi connectivity index (χ1v) is 10.6. The van der Waals surface area contributed by atoms with Crippen molar-refractivity contribution in [1.82, 2.24) is 4.98 Å². The number of nitrogens with one attached hydrogen (secondary N) is 2. The van der Waals surface area contributed by atoms with Gasteiger partial charge in [-0.25, -0.2) is 4.98 Å². The number of carbonyl (C=O) groups excluding carboxylic acids is 1. The van der Waals surface area contributed by atoms with Crippen LogP contribution in [0.3, 0.4) is 0 Å². The van der Waals surface area contributed by atoms with Gasteiger partial charge in [-0.15, -0.1) is 24.8 Å². The molecular weight excluding hydrogens is 497 g/mol. The summed E-state index contributed by atoms with van der Waals surface area (Å²) in [6.45, 7) is 8.14. The fraction of sp³-hybridized carbons (Fsp3) is 0.292. The molecule has 0 spiro atoms. The molecule has 0 bridgehead atoms. The number of nitrogens with two attached hydrogens (primary N) is 1. The Labute approximate surface area is 217 Å². The molecule has 3 aromatic rings. The summed E-state index contributed by atoms with van der Waals surface area (Å²) in [7, 11) is 0. The molecule has 3 rings (SSSR count). The molecule has 0 amide bonds. The molecule has 2 aromatic carbocycles. The summed E-state index contributed by atoms with van der Waals surface area (Å²) >= 11 is 6.32. The quantitative estimate of drug-likeness (QED) is 0.216. The van der Waals surface area contributed by atoms with Crippen molar-refractivity contribution in [3.05, 3.63) is 64.8 Å². The van der Waals surface area contributed by atoms with Crippen molar-refractivity contribution < 1.29 is 9.53 Å². The van der Waals surface area contributed by atoms with Crippen molar-refractivity contribution in [3.8, 4) is 0 Å². The second-order valence-corrected chi connectivity index (χ2v) is 9.01. The Morgan fingerprint density at radius 1 is 1.18 bits per heavy atom. The van der Waals surface area contributed by atoms with Crippen molar-refractivity contribution >= 4 is 70.6 Å². The summed E-state index contributed by atoms with van der Waals surface area (Å²) in [6, 6.07) is 13.7. The van der Waals surface area contributed by atoms with Gasteiger partial charge >= 0.3 is 5.97 Å². The van der Waals surface area contributed by atoms with Gasteiger partial charge in [0.05, 0.1) is 5.02 Å². The minimum atomic E-state index is -0.562. The maximum absolute atomic E-state index is 12.6. The largest absolute Gasteiger partial charge is 0.459 e. The van der Waals surface area contributed by atoms with Gasteiger partial charge in [-0.2, -0.15) is 0 Å². The molecule has 4 N–H and O–H groups in total. The van der Waals surface area contributed by atoms with Gasteiger partial charge in [0.25, 0.3) is 0 Å². The number of aromatic nitrogens is 1. The SMILES string of the molecule is Cc1ccccc1N(CC(=O)OC(C)(C)C)Cc1ccc2c(Cl)cnc(NC(=N)N)c2c1.Cl.Cl. The number of carbonyl (C=O) groups is 1. The van der Waals surface area contributed by atoms with E-state index in [1.807, 2.05) is 75.1 Å². The number of halogens is 3. The zero-order chi connectivity index (χ0) is 23.5. The Morgan fingerprint density at radius 2 is 1.85 bits per heavy atom. The first kappa shape index (κ1) is 29.3. The molecule has 1 heterocycles. The molecule has 0 fully saturated rings. The third-order valence-electron chi connectivity index (χ3n) is 4.73. The van der Waals surface area contributed by atoms with Gasteiger partial charge < -0.3 is 20.7 Å². The number of esters is 1. The van der Waals surface area contributed by atoms with Crippen LogP contribution in [-0.4, -0.2) is 29.1 Å². The van der Waals surface area contributed by atoms with Crippen LogP contribution in [0, 0.1) is 12.3 Å². The van der Waals surface area contributed by atoms with Gasteiger partial charge in [0.1, 0.15) is 18.0 Å². The summed E-state index contributed by atoms with van der Waals surface area (Å²) in [5.41, 5.74) is 7.90. The predicted molar refractivity (Wildman–Crippen MR) is 145 cm³/mol. The number of ether oxygens (including phenoxy) is 1. The van der Waals surface area contributed by atoms with Gasteiger partial charge in [-0.05, 0) is 51.0 Å². The van der Waals surface area contributed by atoms with Crippen molar-refractivity contribution in [2.75, 3.05) is 16.8 Å². The maximum atomic E-state index is 12.6. The molecule has 0 aliphatic heterocycles. The highest BCUT2D eigenvalue weighted by molar-refractivity contribution is 6.35. The van der Waals surface area contributed by atoms with Crippen LogP contribution in [0.1, 0.15) is 31.9 Å². The lowest BCUT2D eigenvalue weighted by molar-refractivity contribution is -0.153. The van der Waals surface area contributed by atoms with E-state index in [0.717, 1.165) is 27.6 Å². The van der Waals surface area contributed by atoms with E-state index in [9.17, 15) is 4.79 Å². The molecule has 0 unspecified atom stereocenters. The molecular formula is C24H30Cl3N5O2. The third-order valence-corrected chi connectivity index (χ3v) is 5.03. The number of para-hydroxylation sites is 1. The van der Waals surface area contributed by atoms with E-state index in [2.05, 4.69) is 10.3 Å². The van der Waals surface area contributed by atoms with Crippen molar-refractivity contribution in [1.29, 1.82) is 5.41 Å². The van der Waals surface area contributed by atoms with Crippen LogP contribution >= 0.6 is 36.4 Å². The first-order valence-electron chi connectivity index (χ1n) is 10.2. The normalized spacial score (nSPS) is 10.6. The second-order valence-electron chi connectivity index (χ2n) is 8.60. The third kappa shape index (κ3) is 7.65. The molecule has 184 valence electrons. The molecule has 10 heteroatoms. The summed E-state index contributed by atoms with van der Waals surface area (Å²) < 4.78 is 5.56. The Morgan fingerprint density at radius 3 is 2.47 bits per heavy atom. The molecule has 0 atom stereocenters. The van der Waals surface area contributed by atoms with Crippen LogP contribution in [0.25, 0.3) is 10.8 Å². The van der Waals surface area contributed by atoms with E-state index in [1.165, 1.54) is 6.20 Å². The molecule has 0 aliphatic rings. The summed E-state index contributed by atoms with van der Waals surface area (Å²) in [6.07, 6.45) is 1.52. The average Bonchev–Trinajstić information content (AvgIpc) is 2.68. The molecule has 0 saturated carbocycles. The Kier molecular flexibility index (Phi) is 10.4. The van der Waals surface area contributed by atoms with Crippen LogP contribution < -0.4 is 16.0 Å². The van der Waals surface area contributed by atoms with Gasteiger partial charge in [0.2, 0.25) is 0 Å². The van der Waals surface area contributed by atoms with Crippen molar-refractivity contribution in [2.45, 2.75) is 39.8 Å². The Hall–Kier alpha value is -2.74. The standard InChI is InChI=1S/C24H28ClN5O2.2ClH/c1-15-7-5-6-8-20(15)30(14-21(31)32-24(2,3)4)13-16-9-10-17-18(11-16)22(29-23(26)27)28-12-19(17)25;;/h5-12H,13-14H2,1-4H3,(H4,26,27,28,29);2*1H. The molecule has 34 heavy (non-hydrogen) atoms. The minimum absolute atomic E-state index is 0. The number of nitrogens with zero attached hydrogens (tertiary/aromatic N) is 2. The van der Waals surface area contributed by atoms with Crippen LogP contribution in [0.15, 0.2) is 48.7 Å². The lowest BCUT2D eigenvalue weighted by Gasteiger charge is -2.28. The number of hydrogen-bond donors (Lipinski definition) is 3. The number of rotatable bonds is 6. The molecule has 1 aromatic heterocycles. The van der Waals surface area contributed by atoms with Crippen molar-refractivity contribution in [3.63, 3.8) is 0 Å². The van der Waals surface area contributed by atoms with E-state index in [4.69, 9.17) is 27.5 Å². The van der Waals surface area contributed by atoms with E-state index in [1.54, 1.807) is 0 Å². The van der Waals surface area contributed by atoms with E-state index >= 15 is 0 Å². The number of aryl methyl sites for hydroxylation is 1. The van der Waals surface area contributed by atoms with Gasteiger partial charge in [-0.3, -0.25) is 10.2 Å². The average molecular weight is 527 g/mol. The zero-order valence-electron chi connectivity index (χ0n) is 19.5. The van der Waals surface area contributed by atoms with Crippen LogP contribution in [0.5, 0.6) is 0 Å². The summed E-state index contributed by atoms with van der Waals surface area (Å²) in [5.74, 6) is -0.0588. The number of guanidine groups is 1. The van der Waals surface area contributed by atoms with Crippen LogP contribution in [0.4, 0.5) is 11.5 Å². The smallest absolute Gasteiger partial charge is 0.326 e. The van der Waals surface area contributed by atoms with Crippen molar-refractivity contribution in [2.24, 2.45) is 5.73 Å². The highest BCUT2D eigenvalue weighted by Crippen LogP contribution is 2.30. The molecule has 0 aliphatic carbocycles. The minimum Gasteiger partial charge on any atom is -0.459 e. The van der Waals surface area contributed by atoms with Crippen LogP contribution in [-0.2, 0) is 16.1 Å². The summed E-state index contributed by atoms with van der Waals surface area (Å²) in [4.78, 5) is 18.9. The topological polar surface area (TPSA) is 104 Å². The number of anilines is 2. The van der Waals surface area contributed by atoms with Crippen LogP contribution in [0.2, 0.25) is 5.02 Å². The van der Waals surface area contributed by atoms with Gasteiger partial charge in [0.15, 0.2) is 5.96 Å². The van der Waals surface area contributed by atoms with E-state index in [0.29, 0.717) is 17.4 Å². The molecule has 7 nitrogen and oxygen atoms in total. The van der Waals surface area contributed by atoms with E-state index in [-0.39, 0.29) is 43.3 Å². The summed E-state index contributed by atoms with van der Waals surface area (Å²) in [5, 5.41) is 12.3.